The van der Waals surface area contributed by atoms with E-state index in [-0.39, 0.29) is 16.1 Å². The van der Waals surface area contributed by atoms with Crippen molar-refractivity contribution in [3.05, 3.63) is 9.47 Å². The molecule has 1 amide bonds. The molecule has 0 radical (unpaired) electrons. The lowest BCUT2D eigenvalue weighted by Gasteiger charge is -1.97. The Hall–Kier alpha value is -1.16. The minimum atomic E-state index is -0.514. The van der Waals surface area contributed by atoms with Crippen molar-refractivity contribution in [3.8, 4) is 12.3 Å². The normalized spacial score (nSPS) is 9.23. The first-order valence-electron chi connectivity index (χ1n) is 3.08. The molecule has 13 heavy (non-hydrogen) atoms. The molecule has 68 valence electrons. The van der Waals surface area contributed by atoms with E-state index in [0.29, 0.717) is 0 Å². The van der Waals surface area contributed by atoms with Gasteiger partial charge in [-0.25, -0.2) is 5.48 Å². The van der Waals surface area contributed by atoms with Gasteiger partial charge in [-0.1, -0.05) is 17.3 Å². The summed E-state index contributed by atoms with van der Waals surface area (Å²) >= 11 is 6.41. The van der Waals surface area contributed by atoms with Crippen molar-refractivity contribution in [2.75, 3.05) is 6.61 Å². The van der Waals surface area contributed by atoms with Crippen molar-refractivity contribution in [1.29, 1.82) is 0 Å². The average molecular weight is 218 g/mol. The van der Waals surface area contributed by atoms with Gasteiger partial charge in [-0.3, -0.25) is 9.63 Å². The number of hydrogen-bond donors (Lipinski definition) is 1. The van der Waals surface area contributed by atoms with Crippen LogP contribution in [0.4, 0.5) is 0 Å². The average Bonchev–Trinajstić information content (AvgIpc) is 2.52. The number of hydroxylamine groups is 1. The third-order valence-corrected chi connectivity index (χ3v) is 1.93. The molecule has 0 aromatic carbocycles. The molecule has 1 heterocycles. The number of carbonyl (C=O) groups excluding carboxylic acids is 1. The quantitative estimate of drug-likeness (QED) is 0.455. The molecule has 0 atom stereocenters. The summed E-state index contributed by atoms with van der Waals surface area (Å²) in [5.41, 5.74) is 2.08. The van der Waals surface area contributed by atoms with Gasteiger partial charge in [0.2, 0.25) is 9.47 Å². The molecule has 1 aromatic rings. The maximum atomic E-state index is 11.1. The number of aromatic nitrogens is 2. The van der Waals surface area contributed by atoms with Crippen LogP contribution in [0.5, 0.6) is 0 Å². The van der Waals surface area contributed by atoms with E-state index < -0.39 is 5.91 Å². The number of nitrogens with zero attached hydrogens (tertiary/aromatic N) is 2. The van der Waals surface area contributed by atoms with Crippen LogP contribution in [0, 0.1) is 12.3 Å². The molecule has 5 nitrogen and oxygen atoms in total. The number of terminal acetylenes is 1. The fourth-order valence-electron chi connectivity index (χ4n) is 0.484. The van der Waals surface area contributed by atoms with Crippen molar-refractivity contribution < 1.29 is 9.63 Å². The van der Waals surface area contributed by atoms with Gasteiger partial charge >= 0.3 is 5.91 Å². The summed E-state index contributed by atoms with van der Waals surface area (Å²) in [5.74, 6) is 1.67. The fraction of sp³-hybridized carbons (Fsp3) is 0.167. The number of hydrogen-bond acceptors (Lipinski definition) is 5. The van der Waals surface area contributed by atoms with Crippen LogP contribution in [0.25, 0.3) is 0 Å². The number of nitrogens with one attached hydrogen (secondary N) is 1. The Bertz CT molecular complexity index is 346. The summed E-state index contributed by atoms with van der Waals surface area (Å²) in [6.07, 6.45) is 4.88. The maximum Gasteiger partial charge on any atom is 0.305 e. The SMILES string of the molecule is C#CCONC(=O)c1nnc(Cl)s1. The first-order chi connectivity index (χ1) is 6.24. The second-order valence-electron chi connectivity index (χ2n) is 1.78. The highest BCUT2D eigenvalue weighted by atomic mass is 35.5. The van der Waals surface area contributed by atoms with E-state index in [4.69, 9.17) is 18.0 Å². The van der Waals surface area contributed by atoms with E-state index in [0.717, 1.165) is 11.3 Å². The lowest BCUT2D eigenvalue weighted by atomic mass is 10.7. The van der Waals surface area contributed by atoms with Gasteiger partial charge in [0, 0.05) is 0 Å². The van der Waals surface area contributed by atoms with Gasteiger partial charge < -0.3 is 0 Å². The van der Waals surface area contributed by atoms with Crippen molar-refractivity contribution in [2.24, 2.45) is 0 Å². The Morgan fingerprint density at radius 1 is 1.77 bits per heavy atom. The highest BCUT2D eigenvalue weighted by molar-refractivity contribution is 7.17. The third kappa shape index (κ3) is 2.99. The summed E-state index contributed by atoms with van der Waals surface area (Å²) in [4.78, 5) is 15.6. The molecule has 0 spiro atoms. The fourth-order valence-corrected chi connectivity index (χ4v) is 1.20. The van der Waals surface area contributed by atoms with E-state index in [9.17, 15) is 4.79 Å². The molecule has 0 saturated carbocycles. The molecule has 0 fully saturated rings. The Morgan fingerprint density at radius 2 is 2.54 bits per heavy atom. The van der Waals surface area contributed by atoms with E-state index in [1.165, 1.54) is 0 Å². The molecule has 0 aliphatic heterocycles. The van der Waals surface area contributed by atoms with E-state index >= 15 is 0 Å². The van der Waals surface area contributed by atoms with Gasteiger partial charge in [-0.2, -0.15) is 0 Å². The third-order valence-electron chi connectivity index (χ3n) is 0.915. The smallest absolute Gasteiger partial charge is 0.264 e. The zero-order valence-electron chi connectivity index (χ0n) is 6.28. The number of halogens is 1. The largest absolute Gasteiger partial charge is 0.305 e. The Morgan fingerprint density at radius 3 is 3.08 bits per heavy atom. The zero-order chi connectivity index (χ0) is 9.68. The Balaban J connectivity index is 2.45. The van der Waals surface area contributed by atoms with Gasteiger partial charge in [0.05, 0.1) is 0 Å². The summed E-state index contributed by atoms with van der Waals surface area (Å²) in [6.45, 7) is -0.00171. The molecule has 1 N–H and O–H groups in total. The second-order valence-corrected chi connectivity index (χ2v) is 3.34. The molecule has 0 bridgehead atoms. The van der Waals surface area contributed by atoms with Crippen LogP contribution in [0.1, 0.15) is 9.80 Å². The molecular formula is C6H4ClN3O2S. The Kier molecular flexibility index (Phi) is 3.64. The summed E-state index contributed by atoms with van der Waals surface area (Å²) in [5, 5.41) is 7.06. The highest BCUT2D eigenvalue weighted by Gasteiger charge is 2.11. The summed E-state index contributed by atoms with van der Waals surface area (Å²) in [7, 11) is 0. The van der Waals surface area contributed by atoms with Crippen LogP contribution in [0.3, 0.4) is 0 Å². The van der Waals surface area contributed by atoms with Gasteiger partial charge in [-0.05, 0) is 11.6 Å². The van der Waals surface area contributed by atoms with Crippen molar-refractivity contribution >= 4 is 28.8 Å². The van der Waals surface area contributed by atoms with Gasteiger partial charge in [0.15, 0.2) is 0 Å². The molecule has 1 rings (SSSR count). The van der Waals surface area contributed by atoms with Crippen LogP contribution < -0.4 is 5.48 Å². The minimum Gasteiger partial charge on any atom is -0.264 e. The van der Waals surface area contributed by atoms with Crippen molar-refractivity contribution in [3.63, 3.8) is 0 Å². The highest BCUT2D eigenvalue weighted by Crippen LogP contribution is 2.14. The molecule has 0 aliphatic carbocycles. The molecular weight excluding hydrogens is 214 g/mol. The standard InChI is InChI=1S/C6H4ClN3O2S/c1-2-3-12-10-4(11)5-8-9-6(7)13-5/h1H,3H2,(H,10,11). The van der Waals surface area contributed by atoms with Crippen LogP contribution in [-0.4, -0.2) is 22.7 Å². The molecule has 7 heteroatoms. The number of amides is 1. The van der Waals surface area contributed by atoms with Crippen LogP contribution in [0.2, 0.25) is 4.47 Å². The lowest BCUT2D eigenvalue weighted by molar-refractivity contribution is 0.0437. The maximum absolute atomic E-state index is 11.1. The monoisotopic (exact) mass is 217 g/mol. The molecule has 0 unspecified atom stereocenters. The van der Waals surface area contributed by atoms with Crippen LogP contribution in [0.15, 0.2) is 0 Å². The zero-order valence-corrected chi connectivity index (χ0v) is 7.85. The van der Waals surface area contributed by atoms with Gasteiger partial charge in [0.25, 0.3) is 0 Å². The van der Waals surface area contributed by atoms with Crippen molar-refractivity contribution in [2.45, 2.75) is 0 Å². The molecule has 0 aliphatic rings. The topological polar surface area (TPSA) is 64.1 Å². The van der Waals surface area contributed by atoms with Crippen LogP contribution in [-0.2, 0) is 4.84 Å². The van der Waals surface area contributed by atoms with E-state index in [1.807, 2.05) is 0 Å². The van der Waals surface area contributed by atoms with Gasteiger partial charge in [0.1, 0.15) is 6.61 Å². The first-order valence-corrected chi connectivity index (χ1v) is 4.28. The minimum absolute atomic E-state index is 0.00171. The summed E-state index contributed by atoms with van der Waals surface area (Å²) < 4.78 is 0.196. The number of carbonyl (C=O) groups is 1. The predicted molar refractivity (Wildman–Crippen MR) is 47.2 cm³/mol. The van der Waals surface area contributed by atoms with Gasteiger partial charge in [-0.15, -0.1) is 16.6 Å². The second kappa shape index (κ2) is 4.77. The molecule has 0 saturated heterocycles. The lowest BCUT2D eigenvalue weighted by Crippen LogP contribution is -2.23. The predicted octanol–water partition coefficient (Wildman–Crippen LogP) is 0.486. The van der Waals surface area contributed by atoms with Crippen LogP contribution >= 0.6 is 22.9 Å². The first kappa shape index (κ1) is 9.92. The van der Waals surface area contributed by atoms with E-state index in [2.05, 4.69) is 26.4 Å². The van der Waals surface area contributed by atoms with Crippen molar-refractivity contribution in [1.82, 2.24) is 15.7 Å². The van der Waals surface area contributed by atoms with E-state index in [1.54, 1.807) is 0 Å². The Labute approximate surface area is 83.0 Å². The summed E-state index contributed by atoms with van der Waals surface area (Å²) in [6, 6.07) is 0. The molecule has 1 aromatic heterocycles. The number of rotatable bonds is 3.